The van der Waals surface area contributed by atoms with Crippen molar-refractivity contribution in [3.63, 3.8) is 0 Å². The second kappa shape index (κ2) is 5.63. The van der Waals surface area contributed by atoms with Gasteiger partial charge in [0.1, 0.15) is 19.0 Å². The summed E-state index contributed by atoms with van der Waals surface area (Å²) in [4.78, 5) is 0. The minimum atomic E-state index is 0.0262. The van der Waals surface area contributed by atoms with E-state index in [1.54, 1.807) is 0 Å². The van der Waals surface area contributed by atoms with Crippen molar-refractivity contribution >= 4 is 0 Å². The van der Waals surface area contributed by atoms with Crippen molar-refractivity contribution in [3.8, 4) is 0 Å². The van der Waals surface area contributed by atoms with E-state index in [1.807, 2.05) is 0 Å². The molecule has 3 aliphatic heterocycles. The quantitative estimate of drug-likeness (QED) is 0.710. The molecule has 5 nitrogen and oxygen atoms in total. The van der Waals surface area contributed by atoms with Crippen LogP contribution in [0, 0.1) is 5.92 Å². The molecule has 0 amide bonds. The van der Waals surface area contributed by atoms with E-state index in [4.69, 9.17) is 23.7 Å². The van der Waals surface area contributed by atoms with E-state index in [-0.39, 0.29) is 18.3 Å². The summed E-state index contributed by atoms with van der Waals surface area (Å²) in [5.74, 6) is 0.491. The monoisotopic (exact) mass is 244 g/mol. The van der Waals surface area contributed by atoms with Crippen molar-refractivity contribution in [1.29, 1.82) is 0 Å². The van der Waals surface area contributed by atoms with Crippen molar-refractivity contribution in [2.75, 3.05) is 39.8 Å². The summed E-state index contributed by atoms with van der Waals surface area (Å²) >= 11 is 0. The van der Waals surface area contributed by atoms with Crippen LogP contribution in [0.15, 0.2) is 0 Å². The molecule has 3 heterocycles. The lowest BCUT2D eigenvalue weighted by molar-refractivity contribution is -0.188. The third-order valence-corrected chi connectivity index (χ3v) is 3.73. The highest BCUT2D eigenvalue weighted by atomic mass is 16.7. The first-order chi connectivity index (χ1) is 8.43. The van der Waals surface area contributed by atoms with Crippen LogP contribution < -0.4 is 0 Å². The molecule has 3 fully saturated rings. The maximum atomic E-state index is 5.90. The summed E-state index contributed by atoms with van der Waals surface area (Å²) in [5, 5.41) is 0. The predicted octanol–water partition coefficient (Wildman–Crippen LogP) is 0.570. The molecule has 17 heavy (non-hydrogen) atoms. The molecule has 0 bridgehead atoms. The maximum absolute atomic E-state index is 5.90. The molecule has 5 heteroatoms. The molecule has 0 aromatic heterocycles. The first-order valence-electron chi connectivity index (χ1n) is 6.44. The van der Waals surface area contributed by atoms with Gasteiger partial charge in [-0.1, -0.05) is 0 Å². The fraction of sp³-hybridized carbons (Fsp3) is 1.00. The Morgan fingerprint density at radius 2 is 1.53 bits per heavy atom. The zero-order chi connectivity index (χ0) is 11.5. The lowest BCUT2D eigenvalue weighted by Gasteiger charge is -2.36. The summed E-state index contributed by atoms with van der Waals surface area (Å²) < 4.78 is 27.8. The minimum absolute atomic E-state index is 0.0262. The fourth-order valence-electron chi connectivity index (χ4n) is 2.64. The third-order valence-electron chi connectivity index (χ3n) is 3.73. The fourth-order valence-corrected chi connectivity index (χ4v) is 2.64. The highest BCUT2D eigenvalue weighted by Gasteiger charge is 2.35. The Bertz CT molecular complexity index is 227. The molecule has 0 spiro atoms. The highest BCUT2D eigenvalue weighted by Crippen LogP contribution is 2.25. The summed E-state index contributed by atoms with van der Waals surface area (Å²) in [6.45, 7) is 3.95. The standard InChI is InChI=1S/C12H20O5/c1-2-9(4-13-3-1)10-6-16-12(7-15-10)11-5-14-8-17-11/h9-12H,1-8H2. The van der Waals surface area contributed by atoms with Crippen LogP contribution in [0.5, 0.6) is 0 Å². The molecule has 3 saturated heterocycles. The lowest BCUT2D eigenvalue weighted by Crippen LogP contribution is -2.47. The first-order valence-corrected chi connectivity index (χ1v) is 6.44. The molecule has 0 aromatic carbocycles. The van der Waals surface area contributed by atoms with Gasteiger partial charge >= 0.3 is 0 Å². The van der Waals surface area contributed by atoms with Gasteiger partial charge in [-0.25, -0.2) is 0 Å². The third kappa shape index (κ3) is 2.80. The van der Waals surface area contributed by atoms with Crippen molar-refractivity contribution in [2.45, 2.75) is 31.2 Å². The van der Waals surface area contributed by atoms with Crippen LogP contribution in [0.1, 0.15) is 12.8 Å². The molecule has 0 N–H and O–H groups in total. The molecular formula is C12H20O5. The van der Waals surface area contributed by atoms with Crippen LogP contribution >= 0.6 is 0 Å². The van der Waals surface area contributed by atoms with Gasteiger partial charge in [0.15, 0.2) is 0 Å². The Morgan fingerprint density at radius 1 is 0.706 bits per heavy atom. The van der Waals surface area contributed by atoms with Crippen LogP contribution in [0.2, 0.25) is 0 Å². The number of hydrogen-bond acceptors (Lipinski definition) is 5. The Balaban J connectivity index is 1.46. The Labute approximate surface area is 101 Å². The van der Waals surface area contributed by atoms with E-state index in [9.17, 15) is 0 Å². The number of hydrogen-bond donors (Lipinski definition) is 0. The Hall–Kier alpha value is -0.200. The molecule has 0 radical (unpaired) electrons. The molecule has 98 valence electrons. The minimum Gasteiger partial charge on any atom is -0.381 e. The predicted molar refractivity (Wildman–Crippen MR) is 58.7 cm³/mol. The molecule has 0 saturated carbocycles. The van der Waals surface area contributed by atoms with Gasteiger partial charge in [0, 0.05) is 12.5 Å². The summed E-state index contributed by atoms with van der Waals surface area (Å²) in [6, 6.07) is 0. The molecule has 0 aromatic rings. The van der Waals surface area contributed by atoms with Gasteiger partial charge in [0.25, 0.3) is 0 Å². The zero-order valence-corrected chi connectivity index (χ0v) is 10.0. The van der Waals surface area contributed by atoms with E-state index in [0.717, 1.165) is 19.6 Å². The van der Waals surface area contributed by atoms with Crippen LogP contribution in [0.4, 0.5) is 0 Å². The molecule has 3 aliphatic rings. The highest BCUT2D eigenvalue weighted by molar-refractivity contribution is 4.81. The maximum Gasteiger partial charge on any atom is 0.147 e. The topological polar surface area (TPSA) is 46.2 Å². The lowest BCUT2D eigenvalue weighted by atomic mass is 9.95. The van der Waals surface area contributed by atoms with Crippen molar-refractivity contribution < 1.29 is 23.7 Å². The second-order valence-electron chi connectivity index (χ2n) is 4.91. The molecule has 0 aliphatic carbocycles. The molecule has 3 rings (SSSR count). The first kappa shape index (κ1) is 11.9. The van der Waals surface area contributed by atoms with Gasteiger partial charge in [-0.15, -0.1) is 0 Å². The van der Waals surface area contributed by atoms with Crippen LogP contribution in [-0.2, 0) is 23.7 Å². The number of ether oxygens (including phenoxy) is 5. The van der Waals surface area contributed by atoms with Crippen LogP contribution in [-0.4, -0.2) is 58.1 Å². The molecular weight excluding hydrogens is 224 g/mol. The van der Waals surface area contributed by atoms with Crippen molar-refractivity contribution in [1.82, 2.24) is 0 Å². The average molecular weight is 244 g/mol. The molecule has 4 unspecified atom stereocenters. The van der Waals surface area contributed by atoms with Gasteiger partial charge < -0.3 is 23.7 Å². The number of rotatable bonds is 2. The normalized spacial score (nSPS) is 43.8. The second-order valence-corrected chi connectivity index (χ2v) is 4.91. The summed E-state index contributed by atoms with van der Waals surface area (Å²) in [7, 11) is 0. The van der Waals surface area contributed by atoms with Gasteiger partial charge in [0.05, 0.1) is 32.5 Å². The Morgan fingerprint density at radius 3 is 2.18 bits per heavy atom. The molecule has 4 atom stereocenters. The van der Waals surface area contributed by atoms with E-state index in [0.29, 0.717) is 32.5 Å². The summed E-state index contributed by atoms with van der Waals surface area (Å²) in [6.07, 6.45) is 2.57. The smallest absolute Gasteiger partial charge is 0.147 e. The zero-order valence-electron chi connectivity index (χ0n) is 10.0. The average Bonchev–Trinajstić information content (AvgIpc) is 2.94. The van der Waals surface area contributed by atoms with Crippen LogP contribution in [0.3, 0.4) is 0 Å². The van der Waals surface area contributed by atoms with E-state index in [1.165, 1.54) is 6.42 Å². The SMILES string of the molecule is C1COCC(C2COC(C3COCO3)CO2)C1. The van der Waals surface area contributed by atoms with Gasteiger partial charge in [-0.3, -0.25) is 0 Å². The van der Waals surface area contributed by atoms with Crippen molar-refractivity contribution in [2.24, 2.45) is 5.92 Å². The van der Waals surface area contributed by atoms with Gasteiger partial charge in [0.2, 0.25) is 0 Å². The van der Waals surface area contributed by atoms with E-state index in [2.05, 4.69) is 0 Å². The van der Waals surface area contributed by atoms with Crippen molar-refractivity contribution in [3.05, 3.63) is 0 Å². The van der Waals surface area contributed by atoms with Crippen LogP contribution in [0.25, 0.3) is 0 Å². The van der Waals surface area contributed by atoms with Gasteiger partial charge in [-0.05, 0) is 12.8 Å². The van der Waals surface area contributed by atoms with Gasteiger partial charge in [-0.2, -0.15) is 0 Å². The Kier molecular flexibility index (Phi) is 3.93. The van der Waals surface area contributed by atoms with E-state index >= 15 is 0 Å². The van der Waals surface area contributed by atoms with E-state index < -0.39 is 0 Å². The summed E-state index contributed by atoms with van der Waals surface area (Å²) in [5.41, 5.74) is 0. The largest absolute Gasteiger partial charge is 0.381 e.